The molecule has 2 rings (SSSR count). The number of nitro benzene ring substituents is 1. The van der Waals surface area contributed by atoms with Crippen molar-refractivity contribution in [1.29, 1.82) is 0 Å². The first-order chi connectivity index (χ1) is 13.7. The molecular weight excluding hydrogens is 372 g/mol. The largest absolute Gasteiger partial charge is 0.322 e. The van der Waals surface area contributed by atoms with Crippen molar-refractivity contribution in [1.82, 2.24) is 0 Å². The van der Waals surface area contributed by atoms with Crippen LogP contribution in [0.2, 0.25) is 0 Å². The van der Waals surface area contributed by atoms with Gasteiger partial charge >= 0.3 is 0 Å². The van der Waals surface area contributed by atoms with E-state index in [1.54, 1.807) is 20.0 Å². The third-order valence-electron chi connectivity index (χ3n) is 4.68. The predicted octanol–water partition coefficient (Wildman–Crippen LogP) is 1.87. The van der Waals surface area contributed by atoms with Crippen molar-refractivity contribution in [3.8, 4) is 0 Å². The van der Waals surface area contributed by atoms with Crippen LogP contribution in [-0.4, -0.2) is 36.9 Å². The van der Waals surface area contributed by atoms with Crippen LogP contribution < -0.4 is 15.5 Å². The van der Waals surface area contributed by atoms with Crippen LogP contribution >= 0.6 is 0 Å². The smallest absolute Gasteiger partial charge is 0.293 e. The molecule has 0 bridgehead atoms. The number of anilines is 2. The number of amides is 2. The van der Waals surface area contributed by atoms with E-state index in [9.17, 15) is 19.7 Å². The number of aryl methyl sites for hydroxylation is 3. The van der Waals surface area contributed by atoms with Gasteiger partial charge < -0.3 is 15.5 Å². The number of para-hydroxylation sites is 1. The predicted molar refractivity (Wildman–Crippen MR) is 112 cm³/mol. The summed E-state index contributed by atoms with van der Waals surface area (Å²) in [6.45, 7) is 5.72. The average molecular weight is 399 g/mol. The lowest BCUT2D eigenvalue weighted by atomic mass is 10.1. The number of carbonyl (C=O) groups is 2. The topological polar surface area (TPSA) is 106 Å². The quantitative estimate of drug-likeness (QED) is 0.465. The Kier molecular flexibility index (Phi) is 7.44. The van der Waals surface area contributed by atoms with Gasteiger partial charge in [-0.1, -0.05) is 25.1 Å². The van der Waals surface area contributed by atoms with Gasteiger partial charge in [0.15, 0.2) is 13.1 Å². The third-order valence-corrected chi connectivity index (χ3v) is 4.68. The van der Waals surface area contributed by atoms with Crippen molar-refractivity contribution < 1.29 is 19.4 Å². The number of likely N-dealkylation sites (N-methyl/N-ethyl adjacent to an activating group) is 1. The van der Waals surface area contributed by atoms with E-state index in [0.29, 0.717) is 4.90 Å². The van der Waals surface area contributed by atoms with Crippen molar-refractivity contribution in [3.05, 3.63) is 63.2 Å². The Bertz CT molecular complexity index is 927. The molecule has 0 fully saturated rings. The molecule has 0 aliphatic carbocycles. The third kappa shape index (κ3) is 6.11. The van der Waals surface area contributed by atoms with E-state index in [0.717, 1.165) is 28.8 Å². The van der Waals surface area contributed by atoms with Crippen LogP contribution in [0.4, 0.5) is 17.1 Å². The average Bonchev–Trinajstić information content (AvgIpc) is 2.64. The lowest BCUT2D eigenvalue weighted by Gasteiger charge is -2.15. The molecule has 2 aromatic carbocycles. The Morgan fingerprint density at radius 2 is 1.55 bits per heavy atom. The fraction of sp³-hybridized carbons (Fsp3) is 0.333. The summed E-state index contributed by atoms with van der Waals surface area (Å²) < 4.78 is 0. The lowest BCUT2D eigenvalue weighted by Crippen LogP contribution is -3.11. The van der Waals surface area contributed by atoms with Gasteiger partial charge in [0.2, 0.25) is 0 Å². The molecule has 0 radical (unpaired) electrons. The number of nitrogens with zero attached hydrogens (tertiary/aromatic N) is 1. The molecule has 2 aromatic rings. The molecule has 29 heavy (non-hydrogen) atoms. The number of rotatable bonds is 8. The van der Waals surface area contributed by atoms with Gasteiger partial charge in [0.25, 0.3) is 17.5 Å². The lowest BCUT2D eigenvalue weighted by molar-refractivity contribution is -0.862. The highest BCUT2D eigenvalue weighted by Gasteiger charge is 2.20. The zero-order chi connectivity index (χ0) is 21.6. The second-order valence-corrected chi connectivity index (χ2v) is 7.13. The molecular formula is C21H27N4O4+. The molecule has 3 N–H and O–H groups in total. The molecule has 8 nitrogen and oxygen atoms in total. The Morgan fingerprint density at radius 3 is 2.14 bits per heavy atom. The van der Waals surface area contributed by atoms with Crippen molar-refractivity contribution in [2.75, 3.05) is 30.8 Å². The van der Waals surface area contributed by atoms with Crippen LogP contribution in [0.3, 0.4) is 0 Å². The molecule has 0 aliphatic heterocycles. The molecule has 0 saturated heterocycles. The minimum atomic E-state index is -0.517. The first-order valence-electron chi connectivity index (χ1n) is 9.45. The molecule has 0 saturated carbocycles. The summed E-state index contributed by atoms with van der Waals surface area (Å²) in [6.07, 6.45) is 0.802. The maximum Gasteiger partial charge on any atom is 0.293 e. The SMILES string of the molecule is CCc1ccccc1NC(=O)C[NH+](C)CC(=O)Nc1cc(C)c(C)cc1[N+](=O)[O-]. The summed E-state index contributed by atoms with van der Waals surface area (Å²) in [6, 6.07) is 10.6. The molecule has 1 atom stereocenters. The summed E-state index contributed by atoms with van der Waals surface area (Å²) in [4.78, 5) is 36.1. The van der Waals surface area contributed by atoms with Gasteiger partial charge in [-0.25, -0.2) is 0 Å². The zero-order valence-electron chi connectivity index (χ0n) is 17.2. The van der Waals surface area contributed by atoms with E-state index in [2.05, 4.69) is 10.6 Å². The van der Waals surface area contributed by atoms with E-state index in [1.165, 1.54) is 6.07 Å². The van der Waals surface area contributed by atoms with Gasteiger partial charge in [-0.15, -0.1) is 0 Å². The van der Waals surface area contributed by atoms with E-state index in [-0.39, 0.29) is 30.4 Å². The number of carbonyl (C=O) groups excluding carboxylic acids is 2. The number of hydrogen-bond donors (Lipinski definition) is 3. The maximum absolute atomic E-state index is 12.3. The summed E-state index contributed by atoms with van der Waals surface area (Å²) >= 11 is 0. The molecule has 8 heteroatoms. The van der Waals surface area contributed by atoms with Crippen molar-refractivity contribution in [2.45, 2.75) is 27.2 Å². The number of benzene rings is 2. The van der Waals surface area contributed by atoms with E-state index >= 15 is 0 Å². The molecule has 0 aliphatic rings. The standard InChI is InChI=1S/C21H26N4O4/c1-5-16-8-6-7-9-17(16)22-20(26)12-24(4)13-21(27)23-18-10-14(2)15(3)11-19(18)25(28)29/h6-11H,5,12-13H2,1-4H3,(H,22,26)(H,23,27)/p+1. The van der Waals surface area contributed by atoms with Gasteiger partial charge in [-0.05, 0) is 49.1 Å². The van der Waals surface area contributed by atoms with Gasteiger partial charge in [-0.2, -0.15) is 0 Å². The summed E-state index contributed by atoms with van der Waals surface area (Å²) in [5, 5.41) is 16.7. The first-order valence-corrected chi connectivity index (χ1v) is 9.45. The number of nitro groups is 1. The molecule has 0 heterocycles. The van der Waals surface area contributed by atoms with Crippen LogP contribution in [-0.2, 0) is 16.0 Å². The van der Waals surface area contributed by atoms with Gasteiger partial charge in [0.1, 0.15) is 5.69 Å². The van der Waals surface area contributed by atoms with Gasteiger partial charge in [0, 0.05) is 11.8 Å². The van der Waals surface area contributed by atoms with Crippen molar-refractivity contribution in [3.63, 3.8) is 0 Å². The second kappa shape index (κ2) is 9.79. The van der Waals surface area contributed by atoms with E-state index in [4.69, 9.17) is 0 Å². The normalized spacial score (nSPS) is 11.6. The van der Waals surface area contributed by atoms with Crippen LogP contribution in [0, 0.1) is 24.0 Å². The molecule has 0 spiro atoms. The monoisotopic (exact) mass is 399 g/mol. The number of nitrogens with one attached hydrogen (secondary N) is 3. The van der Waals surface area contributed by atoms with Gasteiger partial charge in [-0.3, -0.25) is 19.7 Å². The molecule has 2 amide bonds. The van der Waals surface area contributed by atoms with Crippen LogP contribution in [0.15, 0.2) is 36.4 Å². The Balaban J connectivity index is 1.96. The summed E-state index contributed by atoms with van der Waals surface area (Å²) in [5.74, 6) is -0.594. The Labute approximate surface area is 170 Å². The van der Waals surface area contributed by atoms with E-state index < -0.39 is 10.8 Å². The fourth-order valence-corrected chi connectivity index (χ4v) is 3.00. The minimum absolute atomic E-state index is 0.00687. The molecule has 154 valence electrons. The zero-order valence-corrected chi connectivity index (χ0v) is 17.2. The minimum Gasteiger partial charge on any atom is -0.322 e. The van der Waals surface area contributed by atoms with Crippen molar-refractivity contribution in [2.24, 2.45) is 0 Å². The van der Waals surface area contributed by atoms with Crippen LogP contribution in [0.25, 0.3) is 0 Å². The highest BCUT2D eigenvalue weighted by Crippen LogP contribution is 2.27. The highest BCUT2D eigenvalue weighted by molar-refractivity contribution is 5.95. The Hall–Kier alpha value is -3.26. The van der Waals surface area contributed by atoms with Crippen molar-refractivity contribution >= 4 is 28.9 Å². The Morgan fingerprint density at radius 1 is 1.00 bits per heavy atom. The highest BCUT2D eigenvalue weighted by atomic mass is 16.6. The molecule has 1 unspecified atom stereocenters. The van der Waals surface area contributed by atoms with Crippen LogP contribution in [0.5, 0.6) is 0 Å². The first kappa shape index (κ1) is 22.0. The maximum atomic E-state index is 12.3. The number of quaternary nitrogens is 1. The fourth-order valence-electron chi connectivity index (χ4n) is 3.00. The van der Waals surface area contributed by atoms with Crippen LogP contribution in [0.1, 0.15) is 23.6 Å². The van der Waals surface area contributed by atoms with Gasteiger partial charge in [0.05, 0.1) is 12.0 Å². The van der Waals surface area contributed by atoms with E-state index in [1.807, 2.05) is 38.1 Å². The number of hydrogen-bond acceptors (Lipinski definition) is 4. The molecule has 0 aromatic heterocycles. The second-order valence-electron chi connectivity index (χ2n) is 7.13. The summed E-state index contributed by atoms with van der Waals surface area (Å²) in [7, 11) is 1.72. The summed E-state index contributed by atoms with van der Waals surface area (Å²) in [5.41, 5.74) is 3.45.